The Morgan fingerprint density at radius 3 is 2.82 bits per heavy atom. The number of rotatable bonds is 3. The van der Waals surface area contributed by atoms with Gasteiger partial charge in [-0.15, -0.1) is 0 Å². The Balaban J connectivity index is 2.42. The van der Waals surface area contributed by atoms with Crippen molar-refractivity contribution in [3.63, 3.8) is 0 Å². The van der Waals surface area contributed by atoms with Gasteiger partial charge in [0.25, 0.3) is 0 Å². The minimum atomic E-state index is -0.942. The van der Waals surface area contributed by atoms with Crippen LogP contribution in [0.5, 0.6) is 0 Å². The molecular formula is C11H15N3O3. The molecule has 92 valence electrons. The van der Waals surface area contributed by atoms with Crippen LogP contribution in [-0.4, -0.2) is 38.0 Å². The van der Waals surface area contributed by atoms with E-state index < -0.39 is 17.9 Å². The van der Waals surface area contributed by atoms with Crippen LogP contribution in [-0.2, 0) is 16.6 Å². The Morgan fingerprint density at radius 1 is 1.65 bits per heavy atom. The van der Waals surface area contributed by atoms with Crippen LogP contribution < -0.4 is 0 Å². The normalized spacial score (nSPS) is 24.4. The zero-order valence-corrected chi connectivity index (χ0v) is 9.83. The van der Waals surface area contributed by atoms with Crippen LogP contribution in [0.3, 0.4) is 0 Å². The van der Waals surface area contributed by atoms with Crippen LogP contribution in [0.15, 0.2) is 12.4 Å². The SMILES string of the molecule is CCN1C(=O)C[C@H](C(=O)O)[C@H]1c1nccn1C. The first-order chi connectivity index (χ1) is 8.06. The van der Waals surface area contributed by atoms with Gasteiger partial charge >= 0.3 is 5.97 Å². The highest BCUT2D eigenvalue weighted by Gasteiger charge is 2.45. The number of nitrogens with zero attached hydrogens (tertiary/aromatic N) is 3. The van der Waals surface area contributed by atoms with Crippen molar-refractivity contribution in [2.75, 3.05) is 6.54 Å². The summed E-state index contributed by atoms with van der Waals surface area (Å²) in [5.41, 5.74) is 0. The minimum absolute atomic E-state index is 0.0563. The predicted octanol–water partition coefficient (Wildman–Crippen LogP) is 0.414. The van der Waals surface area contributed by atoms with E-state index in [1.54, 1.807) is 28.9 Å². The molecule has 0 aromatic carbocycles. The monoisotopic (exact) mass is 237 g/mol. The molecule has 0 aliphatic carbocycles. The Morgan fingerprint density at radius 2 is 2.35 bits per heavy atom. The van der Waals surface area contributed by atoms with Crippen LogP contribution in [0.4, 0.5) is 0 Å². The van der Waals surface area contributed by atoms with E-state index in [1.165, 1.54) is 0 Å². The second kappa shape index (κ2) is 4.20. The van der Waals surface area contributed by atoms with Crippen LogP contribution in [0.1, 0.15) is 25.2 Å². The smallest absolute Gasteiger partial charge is 0.309 e. The largest absolute Gasteiger partial charge is 0.481 e. The number of aliphatic carboxylic acids is 1. The Kier molecular flexibility index (Phi) is 2.87. The van der Waals surface area contributed by atoms with E-state index in [0.29, 0.717) is 12.4 Å². The number of carbonyl (C=O) groups excluding carboxylic acids is 1. The van der Waals surface area contributed by atoms with E-state index >= 15 is 0 Å². The highest BCUT2D eigenvalue weighted by Crippen LogP contribution is 2.36. The average molecular weight is 237 g/mol. The molecule has 6 nitrogen and oxygen atoms in total. The summed E-state index contributed by atoms with van der Waals surface area (Å²) in [4.78, 5) is 28.7. The molecule has 2 heterocycles. The number of aromatic nitrogens is 2. The number of likely N-dealkylation sites (tertiary alicyclic amines) is 1. The summed E-state index contributed by atoms with van der Waals surface area (Å²) < 4.78 is 1.77. The molecule has 0 saturated carbocycles. The molecule has 1 amide bonds. The summed E-state index contributed by atoms with van der Waals surface area (Å²) in [5.74, 6) is -1.14. The molecule has 1 aliphatic heterocycles. The van der Waals surface area contributed by atoms with Crippen molar-refractivity contribution in [3.05, 3.63) is 18.2 Å². The van der Waals surface area contributed by atoms with E-state index in [0.717, 1.165) is 0 Å². The number of hydrogen-bond acceptors (Lipinski definition) is 3. The lowest BCUT2D eigenvalue weighted by atomic mass is 10.00. The number of imidazole rings is 1. The number of carboxylic acid groups (broad SMARTS) is 1. The van der Waals surface area contributed by atoms with Crippen LogP contribution in [0, 0.1) is 5.92 Å². The van der Waals surface area contributed by atoms with Gasteiger partial charge in [-0.25, -0.2) is 4.98 Å². The standard InChI is InChI=1S/C11H15N3O3/c1-3-14-8(15)6-7(11(16)17)9(14)10-12-4-5-13(10)2/h4-5,7,9H,3,6H2,1-2H3,(H,16,17)/t7-,9-/m0/s1. The van der Waals surface area contributed by atoms with E-state index in [9.17, 15) is 14.7 Å². The van der Waals surface area contributed by atoms with Crippen molar-refractivity contribution in [2.45, 2.75) is 19.4 Å². The molecule has 0 radical (unpaired) electrons. The van der Waals surface area contributed by atoms with Gasteiger partial charge in [0.2, 0.25) is 5.91 Å². The fourth-order valence-corrected chi connectivity index (χ4v) is 2.37. The second-order valence-corrected chi connectivity index (χ2v) is 4.17. The Hall–Kier alpha value is -1.85. The molecule has 0 spiro atoms. The number of amides is 1. The summed E-state index contributed by atoms with van der Waals surface area (Å²) in [5, 5.41) is 9.19. The van der Waals surface area contributed by atoms with E-state index in [4.69, 9.17) is 0 Å². The van der Waals surface area contributed by atoms with E-state index in [-0.39, 0.29) is 12.3 Å². The number of carboxylic acids is 1. The molecule has 6 heteroatoms. The van der Waals surface area contributed by atoms with Gasteiger partial charge in [0, 0.05) is 32.4 Å². The maximum atomic E-state index is 11.8. The van der Waals surface area contributed by atoms with Gasteiger partial charge in [-0.2, -0.15) is 0 Å². The lowest BCUT2D eigenvalue weighted by molar-refractivity contribution is -0.142. The fourth-order valence-electron chi connectivity index (χ4n) is 2.37. The average Bonchev–Trinajstić information content (AvgIpc) is 2.81. The van der Waals surface area contributed by atoms with Crippen molar-refractivity contribution in [1.82, 2.24) is 14.5 Å². The summed E-state index contributed by atoms with van der Waals surface area (Å²) in [6, 6.07) is -0.454. The van der Waals surface area contributed by atoms with Crippen LogP contribution in [0.2, 0.25) is 0 Å². The third-order valence-electron chi connectivity index (χ3n) is 3.21. The fraction of sp³-hybridized carbons (Fsp3) is 0.545. The first-order valence-electron chi connectivity index (χ1n) is 5.55. The topological polar surface area (TPSA) is 75.4 Å². The van der Waals surface area contributed by atoms with Crippen molar-refractivity contribution >= 4 is 11.9 Å². The lowest BCUT2D eigenvalue weighted by Gasteiger charge is -2.25. The van der Waals surface area contributed by atoms with Gasteiger partial charge in [-0.05, 0) is 6.92 Å². The van der Waals surface area contributed by atoms with Gasteiger partial charge in [-0.3, -0.25) is 9.59 Å². The Labute approximate surface area is 98.9 Å². The van der Waals surface area contributed by atoms with Gasteiger partial charge < -0.3 is 14.6 Å². The predicted molar refractivity (Wildman–Crippen MR) is 59.1 cm³/mol. The molecule has 17 heavy (non-hydrogen) atoms. The first-order valence-corrected chi connectivity index (χ1v) is 5.55. The molecule has 2 rings (SSSR count). The highest BCUT2D eigenvalue weighted by molar-refractivity contribution is 5.87. The molecule has 1 aromatic heterocycles. The third-order valence-corrected chi connectivity index (χ3v) is 3.21. The summed E-state index contributed by atoms with van der Waals surface area (Å²) >= 11 is 0. The quantitative estimate of drug-likeness (QED) is 0.826. The van der Waals surface area contributed by atoms with Crippen LogP contribution in [0.25, 0.3) is 0 Å². The molecule has 0 bridgehead atoms. The molecule has 1 aliphatic rings. The number of hydrogen-bond donors (Lipinski definition) is 1. The van der Waals surface area contributed by atoms with E-state index in [2.05, 4.69) is 4.98 Å². The summed E-state index contributed by atoms with van der Waals surface area (Å²) in [6.45, 7) is 2.35. The van der Waals surface area contributed by atoms with Crippen molar-refractivity contribution in [3.8, 4) is 0 Å². The minimum Gasteiger partial charge on any atom is -0.481 e. The van der Waals surface area contributed by atoms with E-state index in [1.807, 2.05) is 6.92 Å². The third kappa shape index (κ3) is 1.79. The van der Waals surface area contributed by atoms with Gasteiger partial charge in [-0.1, -0.05) is 0 Å². The highest BCUT2D eigenvalue weighted by atomic mass is 16.4. The van der Waals surface area contributed by atoms with Gasteiger partial charge in [0.1, 0.15) is 11.9 Å². The van der Waals surface area contributed by atoms with Crippen molar-refractivity contribution in [2.24, 2.45) is 13.0 Å². The summed E-state index contributed by atoms with van der Waals surface area (Å²) in [7, 11) is 1.80. The van der Waals surface area contributed by atoms with Gasteiger partial charge in [0.15, 0.2) is 0 Å². The second-order valence-electron chi connectivity index (χ2n) is 4.17. The molecule has 2 atom stereocenters. The molecule has 0 unspecified atom stereocenters. The summed E-state index contributed by atoms with van der Waals surface area (Å²) in [6.07, 6.45) is 3.43. The first kappa shape index (κ1) is 11.6. The molecule has 1 saturated heterocycles. The number of carbonyl (C=O) groups is 2. The van der Waals surface area contributed by atoms with Gasteiger partial charge in [0.05, 0.1) is 5.92 Å². The molecule has 1 N–H and O–H groups in total. The lowest BCUT2D eigenvalue weighted by Crippen LogP contribution is -2.32. The maximum Gasteiger partial charge on any atom is 0.309 e. The van der Waals surface area contributed by atoms with Crippen molar-refractivity contribution < 1.29 is 14.7 Å². The zero-order valence-electron chi connectivity index (χ0n) is 9.83. The molecule has 1 aromatic rings. The van der Waals surface area contributed by atoms with Crippen LogP contribution >= 0.6 is 0 Å². The molecular weight excluding hydrogens is 222 g/mol. The number of aryl methyl sites for hydroxylation is 1. The molecule has 1 fully saturated rings. The maximum absolute atomic E-state index is 11.8. The Bertz CT molecular complexity index is 455. The van der Waals surface area contributed by atoms with Crippen molar-refractivity contribution in [1.29, 1.82) is 0 Å². The zero-order chi connectivity index (χ0) is 12.6.